The molecule has 0 amide bonds. The van der Waals surface area contributed by atoms with E-state index >= 15 is 0 Å². The summed E-state index contributed by atoms with van der Waals surface area (Å²) in [5.74, 6) is 2.81. The fraction of sp³-hybridized carbons (Fsp3) is 1.00. The lowest BCUT2D eigenvalue weighted by Crippen LogP contribution is -2.39. The molecule has 0 bridgehead atoms. The maximum absolute atomic E-state index is 3.80. The third-order valence-electron chi connectivity index (χ3n) is 4.52. The van der Waals surface area contributed by atoms with Crippen LogP contribution in [0.4, 0.5) is 0 Å². The molecule has 1 fully saturated rings. The number of hydrogen-bond donors (Lipinski definition) is 1. The van der Waals surface area contributed by atoms with Crippen molar-refractivity contribution in [2.75, 3.05) is 6.54 Å². The molecule has 3 unspecified atom stereocenters. The highest BCUT2D eigenvalue weighted by molar-refractivity contribution is 4.83. The third kappa shape index (κ3) is 4.99. The van der Waals surface area contributed by atoms with Gasteiger partial charge in [-0.3, -0.25) is 0 Å². The summed E-state index contributed by atoms with van der Waals surface area (Å²) in [5, 5.41) is 3.80. The minimum absolute atomic E-state index is 0.793. The van der Waals surface area contributed by atoms with Gasteiger partial charge in [0.1, 0.15) is 0 Å². The third-order valence-corrected chi connectivity index (χ3v) is 4.52. The second-order valence-electron chi connectivity index (χ2n) is 6.28. The van der Waals surface area contributed by atoms with Crippen LogP contribution in [0.25, 0.3) is 0 Å². The molecule has 1 aliphatic rings. The summed E-state index contributed by atoms with van der Waals surface area (Å²) in [4.78, 5) is 0. The van der Waals surface area contributed by atoms with E-state index in [4.69, 9.17) is 0 Å². The van der Waals surface area contributed by atoms with Gasteiger partial charge >= 0.3 is 0 Å². The first-order valence-electron chi connectivity index (χ1n) is 7.92. The Labute approximate surface area is 109 Å². The van der Waals surface area contributed by atoms with E-state index in [-0.39, 0.29) is 0 Å². The van der Waals surface area contributed by atoms with E-state index in [1.807, 2.05) is 0 Å². The van der Waals surface area contributed by atoms with Crippen molar-refractivity contribution in [2.24, 2.45) is 17.8 Å². The predicted molar refractivity (Wildman–Crippen MR) is 77.3 cm³/mol. The number of hydrogen-bond acceptors (Lipinski definition) is 1. The van der Waals surface area contributed by atoms with Gasteiger partial charge in [0.15, 0.2) is 0 Å². The summed E-state index contributed by atoms with van der Waals surface area (Å²) in [6.45, 7) is 10.6. The molecule has 0 saturated heterocycles. The second kappa shape index (κ2) is 8.13. The molecule has 1 saturated carbocycles. The van der Waals surface area contributed by atoms with E-state index in [9.17, 15) is 0 Å². The zero-order valence-corrected chi connectivity index (χ0v) is 12.5. The molecule has 0 aromatic rings. The standard InChI is InChI=1S/C16H33N/c1-5-8-16(17-11-6-2)15-10-7-9-14(12-15)13(3)4/h13-17H,5-12H2,1-4H3. The lowest BCUT2D eigenvalue weighted by Gasteiger charge is -2.36. The Morgan fingerprint density at radius 2 is 1.76 bits per heavy atom. The van der Waals surface area contributed by atoms with Crippen molar-refractivity contribution in [1.82, 2.24) is 5.32 Å². The first kappa shape index (κ1) is 15.0. The molecule has 1 heteroatoms. The molecular formula is C16H33N. The highest BCUT2D eigenvalue weighted by atomic mass is 14.9. The summed E-state index contributed by atoms with van der Waals surface area (Å²) in [6.07, 6.45) is 9.83. The number of nitrogens with one attached hydrogen (secondary N) is 1. The normalized spacial score (nSPS) is 27.4. The topological polar surface area (TPSA) is 12.0 Å². The van der Waals surface area contributed by atoms with Gasteiger partial charge in [0.25, 0.3) is 0 Å². The molecule has 0 radical (unpaired) electrons. The van der Waals surface area contributed by atoms with Gasteiger partial charge < -0.3 is 5.32 Å². The molecule has 17 heavy (non-hydrogen) atoms. The van der Waals surface area contributed by atoms with E-state index in [0.29, 0.717) is 0 Å². The maximum atomic E-state index is 3.80. The summed E-state index contributed by atoms with van der Waals surface area (Å²) < 4.78 is 0. The van der Waals surface area contributed by atoms with E-state index < -0.39 is 0 Å². The van der Waals surface area contributed by atoms with Crippen LogP contribution < -0.4 is 5.32 Å². The lowest BCUT2D eigenvalue weighted by molar-refractivity contribution is 0.172. The fourth-order valence-corrected chi connectivity index (χ4v) is 3.38. The minimum atomic E-state index is 0.793. The Morgan fingerprint density at radius 3 is 2.35 bits per heavy atom. The highest BCUT2D eigenvalue weighted by Gasteiger charge is 2.28. The lowest BCUT2D eigenvalue weighted by atomic mass is 9.73. The summed E-state index contributed by atoms with van der Waals surface area (Å²) in [5.41, 5.74) is 0. The van der Waals surface area contributed by atoms with Crippen LogP contribution >= 0.6 is 0 Å². The van der Waals surface area contributed by atoms with Crippen molar-refractivity contribution < 1.29 is 0 Å². The van der Waals surface area contributed by atoms with Crippen LogP contribution in [0.2, 0.25) is 0 Å². The van der Waals surface area contributed by atoms with Crippen molar-refractivity contribution in [3.63, 3.8) is 0 Å². The zero-order valence-electron chi connectivity index (χ0n) is 12.5. The van der Waals surface area contributed by atoms with Crippen LogP contribution in [-0.4, -0.2) is 12.6 Å². The van der Waals surface area contributed by atoms with Crippen LogP contribution in [0.3, 0.4) is 0 Å². The van der Waals surface area contributed by atoms with Crippen molar-refractivity contribution in [3.8, 4) is 0 Å². The van der Waals surface area contributed by atoms with Crippen LogP contribution in [-0.2, 0) is 0 Å². The van der Waals surface area contributed by atoms with Crippen molar-refractivity contribution in [2.45, 2.75) is 78.7 Å². The Hall–Kier alpha value is -0.0400. The van der Waals surface area contributed by atoms with E-state index in [1.165, 1.54) is 51.5 Å². The first-order chi connectivity index (χ1) is 8.19. The molecule has 0 aliphatic heterocycles. The van der Waals surface area contributed by atoms with E-state index in [1.54, 1.807) is 0 Å². The predicted octanol–water partition coefficient (Wildman–Crippen LogP) is 4.62. The Balaban J connectivity index is 2.47. The van der Waals surface area contributed by atoms with Gasteiger partial charge in [-0.25, -0.2) is 0 Å². The first-order valence-corrected chi connectivity index (χ1v) is 7.92. The molecule has 1 rings (SSSR count). The van der Waals surface area contributed by atoms with Gasteiger partial charge in [-0.05, 0) is 50.0 Å². The highest BCUT2D eigenvalue weighted by Crippen LogP contribution is 2.36. The van der Waals surface area contributed by atoms with E-state index in [2.05, 4.69) is 33.0 Å². The maximum Gasteiger partial charge on any atom is 0.00953 e. The summed E-state index contributed by atoms with van der Waals surface area (Å²) in [7, 11) is 0. The van der Waals surface area contributed by atoms with Crippen LogP contribution in [0.5, 0.6) is 0 Å². The van der Waals surface area contributed by atoms with Gasteiger partial charge in [0.05, 0.1) is 0 Å². The van der Waals surface area contributed by atoms with E-state index in [0.717, 1.165) is 23.8 Å². The Kier molecular flexibility index (Phi) is 7.18. The molecule has 1 N–H and O–H groups in total. The monoisotopic (exact) mass is 239 g/mol. The molecule has 0 aromatic carbocycles. The molecule has 102 valence electrons. The SMILES string of the molecule is CCCNC(CCC)C1CCCC(C(C)C)C1. The average Bonchev–Trinajstić information content (AvgIpc) is 2.34. The van der Waals surface area contributed by atoms with Crippen molar-refractivity contribution >= 4 is 0 Å². The molecule has 0 heterocycles. The van der Waals surface area contributed by atoms with Gasteiger partial charge in [-0.15, -0.1) is 0 Å². The smallest absolute Gasteiger partial charge is 0.00953 e. The second-order valence-corrected chi connectivity index (χ2v) is 6.28. The van der Waals surface area contributed by atoms with Crippen molar-refractivity contribution in [1.29, 1.82) is 0 Å². The van der Waals surface area contributed by atoms with Gasteiger partial charge in [-0.1, -0.05) is 47.0 Å². The Morgan fingerprint density at radius 1 is 1.06 bits per heavy atom. The molecular weight excluding hydrogens is 206 g/mol. The van der Waals surface area contributed by atoms with Gasteiger partial charge in [0, 0.05) is 6.04 Å². The molecule has 0 spiro atoms. The minimum Gasteiger partial charge on any atom is -0.314 e. The van der Waals surface area contributed by atoms with Crippen LogP contribution in [0, 0.1) is 17.8 Å². The van der Waals surface area contributed by atoms with Crippen LogP contribution in [0.1, 0.15) is 72.6 Å². The van der Waals surface area contributed by atoms with Crippen molar-refractivity contribution in [3.05, 3.63) is 0 Å². The average molecular weight is 239 g/mol. The fourth-order valence-electron chi connectivity index (χ4n) is 3.38. The quantitative estimate of drug-likeness (QED) is 0.683. The zero-order chi connectivity index (χ0) is 12.7. The van der Waals surface area contributed by atoms with Crippen LogP contribution in [0.15, 0.2) is 0 Å². The summed E-state index contributed by atoms with van der Waals surface area (Å²) >= 11 is 0. The largest absolute Gasteiger partial charge is 0.314 e. The number of rotatable bonds is 7. The molecule has 1 nitrogen and oxygen atoms in total. The molecule has 0 aromatic heterocycles. The molecule has 1 aliphatic carbocycles. The Bertz CT molecular complexity index is 188. The van der Waals surface area contributed by atoms with Gasteiger partial charge in [0.2, 0.25) is 0 Å². The molecule has 3 atom stereocenters. The van der Waals surface area contributed by atoms with Gasteiger partial charge in [-0.2, -0.15) is 0 Å². The summed E-state index contributed by atoms with van der Waals surface area (Å²) in [6, 6.07) is 0.793.